The summed E-state index contributed by atoms with van der Waals surface area (Å²) in [5.41, 5.74) is 2.22. The number of nitrogens with one attached hydrogen (secondary N) is 1. The Morgan fingerprint density at radius 1 is 1.19 bits per heavy atom. The first-order valence-electron chi connectivity index (χ1n) is 6.84. The monoisotopic (exact) mass is 285 g/mol. The van der Waals surface area contributed by atoms with Crippen molar-refractivity contribution in [2.24, 2.45) is 0 Å². The Labute approximate surface area is 124 Å². The van der Waals surface area contributed by atoms with E-state index in [1.807, 2.05) is 30.3 Å². The van der Waals surface area contributed by atoms with Gasteiger partial charge in [-0.05, 0) is 35.7 Å². The van der Waals surface area contributed by atoms with Gasteiger partial charge in [0.2, 0.25) is 0 Å². The highest BCUT2D eigenvalue weighted by Gasteiger charge is 2.11. The van der Waals surface area contributed by atoms with Crippen LogP contribution in [0, 0.1) is 0 Å². The minimum Gasteiger partial charge on any atom is -0.497 e. The molecular formula is C17H19NO3. The van der Waals surface area contributed by atoms with Crippen LogP contribution in [0.4, 0.5) is 0 Å². The van der Waals surface area contributed by atoms with Crippen LogP contribution in [0.5, 0.6) is 5.75 Å². The predicted molar refractivity (Wildman–Crippen MR) is 81.4 cm³/mol. The maximum atomic E-state index is 12.2. The molecule has 0 aromatic heterocycles. The fourth-order valence-electron chi connectivity index (χ4n) is 2.11. The van der Waals surface area contributed by atoms with Gasteiger partial charge in [-0.2, -0.15) is 0 Å². The minimum absolute atomic E-state index is 0.183. The second kappa shape index (κ2) is 7.45. The molecule has 0 bridgehead atoms. The molecule has 2 aromatic carbocycles. The quantitative estimate of drug-likeness (QED) is 0.855. The second-order valence-electron chi connectivity index (χ2n) is 4.67. The third kappa shape index (κ3) is 4.07. The first kappa shape index (κ1) is 15.1. The topological polar surface area (TPSA) is 58.6 Å². The van der Waals surface area contributed by atoms with E-state index in [4.69, 9.17) is 4.74 Å². The summed E-state index contributed by atoms with van der Waals surface area (Å²) in [4.78, 5) is 12.2. The molecule has 4 nitrogen and oxygen atoms in total. The largest absolute Gasteiger partial charge is 0.497 e. The van der Waals surface area contributed by atoms with Crippen LogP contribution in [0.1, 0.15) is 21.5 Å². The number of aliphatic hydroxyl groups excluding tert-OH is 1. The van der Waals surface area contributed by atoms with Crippen molar-refractivity contribution in [1.29, 1.82) is 0 Å². The number of methoxy groups -OCH3 is 1. The zero-order chi connectivity index (χ0) is 15.1. The SMILES string of the molecule is COc1ccc(C(=O)NCCc2ccccc2)c(CO)c1. The fraction of sp³-hybridized carbons (Fsp3) is 0.235. The van der Waals surface area contributed by atoms with Gasteiger partial charge in [0.1, 0.15) is 5.75 Å². The highest BCUT2D eigenvalue weighted by Crippen LogP contribution is 2.17. The van der Waals surface area contributed by atoms with Gasteiger partial charge < -0.3 is 15.2 Å². The first-order valence-corrected chi connectivity index (χ1v) is 6.84. The zero-order valence-electron chi connectivity index (χ0n) is 12.0. The van der Waals surface area contributed by atoms with E-state index in [0.717, 1.165) is 6.42 Å². The van der Waals surface area contributed by atoms with Crippen molar-refractivity contribution < 1.29 is 14.6 Å². The molecule has 21 heavy (non-hydrogen) atoms. The van der Waals surface area contributed by atoms with Crippen molar-refractivity contribution in [3.05, 3.63) is 65.2 Å². The average molecular weight is 285 g/mol. The van der Waals surface area contributed by atoms with Gasteiger partial charge in [0.25, 0.3) is 5.91 Å². The lowest BCUT2D eigenvalue weighted by molar-refractivity contribution is 0.0951. The van der Waals surface area contributed by atoms with E-state index in [1.165, 1.54) is 5.56 Å². The van der Waals surface area contributed by atoms with Crippen LogP contribution in [0.2, 0.25) is 0 Å². The molecule has 0 unspecified atom stereocenters. The Morgan fingerprint density at radius 3 is 2.62 bits per heavy atom. The highest BCUT2D eigenvalue weighted by molar-refractivity contribution is 5.95. The lowest BCUT2D eigenvalue weighted by Gasteiger charge is -2.10. The number of aliphatic hydroxyl groups is 1. The lowest BCUT2D eigenvalue weighted by atomic mass is 10.1. The second-order valence-corrected chi connectivity index (χ2v) is 4.67. The number of carbonyl (C=O) groups excluding carboxylic acids is 1. The van der Waals surface area contributed by atoms with Crippen molar-refractivity contribution in [1.82, 2.24) is 5.32 Å². The van der Waals surface area contributed by atoms with Crippen molar-refractivity contribution in [3.8, 4) is 5.75 Å². The van der Waals surface area contributed by atoms with E-state index >= 15 is 0 Å². The van der Waals surface area contributed by atoms with Crippen molar-refractivity contribution >= 4 is 5.91 Å². The predicted octanol–water partition coefficient (Wildman–Crippen LogP) is 2.16. The standard InChI is InChI=1S/C17H19NO3/c1-21-15-7-8-16(14(11-15)12-19)17(20)18-10-9-13-5-3-2-4-6-13/h2-8,11,19H,9-10,12H2,1H3,(H,18,20). The van der Waals surface area contributed by atoms with E-state index in [9.17, 15) is 9.90 Å². The molecule has 1 amide bonds. The van der Waals surface area contributed by atoms with Gasteiger partial charge in [-0.1, -0.05) is 30.3 Å². The molecule has 0 saturated heterocycles. The summed E-state index contributed by atoms with van der Waals surface area (Å²) in [6, 6.07) is 15.0. The maximum absolute atomic E-state index is 12.2. The van der Waals surface area contributed by atoms with Crippen LogP contribution in [-0.2, 0) is 13.0 Å². The third-order valence-electron chi connectivity index (χ3n) is 3.27. The van der Waals surface area contributed by atoms with E-state index in [2.05, 4.69) is 5.32 Å². The highest BCUT2D eigenvalue weighted by atomic mass is 16.5. The van der Waals surface area contributed by atoms with Crippen molar-refractivity contribution in [3.63, 3.8) is 0 Å². The number of amides is 1. The number of ether oxygens (including phenoxy) is 1. The van der Waals surface area contributed by atoms with Gasteiger partial charge in [-0.25, -0.2) is 0 Å². The molecule has 0 saturated carbocycles. The van der Waals surface area contributed by atoms with E-state index in [1.54, 1.807) is 25.3 Å². The molecule has 2 aromatic rings. The molecule has 0 atom stereocenters. The molecule has 0 radical (unpaired) electrons. The van der Waals surface area contributed by atoms with Crippen molar-refractivity contribution in [2.75, 3.05) is 13.7 Å². The molecule has 0 aliphatic rings. The van der Waals surface area contributed by atoms with Crippen LogP contribution in [0.25, 0.3) is 0 Å². The number of rotatable bonds is 6. The van der Waals surface area contributed by atoms with Crippen molar-refractivity contribution in [2.45, 2.75) is 13.0 Å². The van der Waals surface area contributed by atoms with E-state index < -0.39 is 0 Å². The first-order chi connectivity index (χ1) is 10.2. The van der Waals surface area contributed by atoms with Crippen LogP contribution in [0.3, 0.4) is 0 Å². The van der Waals surface area contributed by atoms with Gasteiger partial charge in [-0.15, -0.1) is 0 Å². The number of hydrogen-bond acceptors (Lipinski definition) is 3. The Balaban J connectivity index is 1.97. The molecule has 0 heterocycles. The van der Waals surface area contributed by atoms with Gasteiger partial charge in [0.05, 0.1) is 13.7 Å². The lowest BCUT2D eigenvalue weighted by Crippen LogP contribution is -2.26. The van der Waals surface area contributed by atoms with Gasteiger partial charge in [0.15, 0.2) is 0 Å². The molecule has 110 valence electrons. The smallest absolute Gasteiger partial charge is 0.251 e. The minimum atomic E-state index is -0.196. The molecule has 2 rings (SSSR count). The molecule has 0 fully saturated rings. The normalized spacial score (nSPS) is 10.2. The molecule has 0 aliphatic carbocycles. The van der Waals surface area contributed by atoms with Crippen LogP contribution < -0.4 is 10.1 Å². The summed E-state index contributed by atoms with van der Waals surface area (Å²) in [5.74, 6) is 0.442. The Hall–Kier alpha value is -2.33. The van der Waals surface area contributed by atoms with Gasteiger partial charge in [-0.3, -0.25) is 4.79 Å². The summed E-state index contributed by atoms with van der Waals surface area (Å²) in [5, 5.41) is 12.2. The number of carbonyl (C=O) groups is 1. The van der Waals surface area contributed by atoms with Gasteiger partial charge in [0, 0.05) is 12.1 Å². The average Bonchev–Trinajstić information content (AvgIpc) is 2.55. The Morgan fingerprint density at radius 2 is 1.95 bits per heavy atom. The van der Waals surface area contributed by atoms with E-state index in [-0.39, 0.29) is 12.5 Å². The molecule has 2 N–H and O–H groups in total. The third-order valence-corrected chi connectivity index (χ3v) is 3.27. The molecule has 0 aliphatic heterocycles. The number of hydrogen-bond donors (Lipinski definition) is 2. The zero-order valence-corrected chi connectivity index (χ0v) is 12.0. The Kier molecular flexibility index (Phi) is 5.35. The van der Waals surface area contributed by atoms with E-state index in [0.29, 0.717) is 23.4 Å². The molecule has 0 spiro atoms. The number of benzene rings is 2. The Bertz CT molecular complexity index is 596. The summed E-state index contributed by atoms with van der Waals surface area (Å²) < 4.78 is 5.09. The summed E-state index contributed by atoms with van der Waals surface area (Å²) in [6.07, 6.45) is 0.775. The molecular weight excluding hydrogens is 266 g/mol. The summed E-state index contributed by atoms with van der Waals surface area (Å²) >= 11 is 0. The van der Waals surface area contributed by atoms with Gasteiger partial charge >= 0.3 is 0 Å². The van der Waals surface area contributed by atoms with Crippen LogP contribution >= 0.6 is 0 Å². The summed E-state index contributed by atoms with van der Waals surface area (Å²) in [7, 11) is 1.55. The van der Waals surface area contributed by atoms with Crippen LogP contribution in [0.15, 0.2) is 48.5 Å². The fourth-order valence-corrected chi connectivity index (χ4v) is 2.11. The molecule has 4 heteroatoms. The maximum Gasteiger partial charge on any atom is 0.251 e. The van der Waals surface area contributed by atoms with Crippen LogP contribution in [-0.4, -0.2) is 24.7 Å². The summed E-state index contributed by atoms with van der Waals surface area (Å²) in [6.45, 7) is 0.360.